The number of ether oxygens (including phenoxy) is 5. The van der Waals surface area contributed by atoms with Crippen molar-refractivity contribution in [2.24, 2.45) is 5.41 Å². The van der Waals surface area contributed by atoms with E-state index in [2.05, 4.69) is 0 Å². The van der Waals surface area contributed by atoms with Crippen molar-refractivity contribution in [2.45, 2.75) is 76.0 Å². The number of aliphatic hydroxyl groups is 1. The number of rotatable bonds is 7. The smallest absolute Gasteiger partial charge is 0.316 e. The lowest BCUT2D eigenvalue weighted by atomic mass is 9.97. The Morgan fingerprint density at radius 3 is 2.38 bits per heavy atom. The number of fused-ring (bicyclic) bond motifs is 1. The van der Waals surface area contributed by atoms with Gasteiger partial charge in [0.2, 0.25) is 0 Å². The topological polar surface area (TPSA) is 127 Å². The van der Waals surface area contributed by atoms with Crippen LogP contribution >= 0.6 is 0 Å². The first-order valence-corrected chi connectivity index (χ1v) is 11.6. The van der Waals surface area contributed by atoms with Gasteiger partial charge in [-0.1, -0.05) is 0 Å². The number of carbonyl (C=O) groups excluding carboxylic acids is 1. The van der Waals surface area contributed by atoms with Crippen LogP contribution in [0.15, 0.2) is 29.2 Å². The van der Waals surface area contributed by atoms with Crippen LogP contribution in [0.2, 0.25) is 0 Å². The summed E-state index contributed by atoms with van der Waals surface area (Å²) in [6.45, 7) is 8.04. The highest BCUT2D eigenvalue weighted by atomic mass is 32.2. The molecule has 0 spiro atoms. The lowest BCUT2D eigenvalue weighted by molar-refractivity contribution is -0.228. The van der Waals surface area contributed by atoms with Crippen LogP contribution in [0.5, 0.6) is 5.75 Å². The first-order valence-electron chi connectivity index (χ1n) is 10.2. The Morgan fingerprint density at radius 1 is 1.19 bits per heavy atom. The minimum Gasteiger partial charge on any atom is -0.426 e. The van der Waals surface area contributed by atoms with Gasteiger partial charge < -0.3 is 28.8 Å². The maximum Gasteiger partial charge on any atom is 0.316 e. The molecule has 0 bridgehead atoms. The van der Waals surface area contributed by atoms with Gasteiger partial charge in [-0.25, -0.2) is 0 Å². The summed E-state index contributed by atoms with van der Waals surface area (Å²) in [4.78, 5) is 11.8. The van der Waals surface area contributed by atoms with E-state index in [0.717, 1.165) is 0 Å². The molecule has 0 aliphatic carbocycles. The maximum atomic E-state index is 12.5. The van der Waals surface area contributed by atoms with Crippen LogP contribution in [0, 0.1) is 5.41 Å². The predicted octanol–water partition coefficient (Wildman–Crippen LogP) is 1.60. The molecule has 0 unspecified atom stereocenters. The van der Waals surface area contributed by atoms with Crippen LogP contribution < -0.4 is 4.74 Å². The number of methoxy groups -OCH3 is 1. The molecule has 2 aliphatic rings. The first kappa shape index (κ1) is 25.0. The van der Waals surface area contributed by atoms with Gasteiger partial charge in [0.25, 0.3) is 10.1 Å². The summed E-state index contributed by atoms with van der Waals surface area (Å²) in [5, 5.41) is 10.5. The largest absolute Gasteiger partial charge is 0.426 e. The van der Waals surface area contributed by atoms with Crippen molar-refractivity contribution in [1.82, 2.24) is 0 Å². The quantitative estimate of drug-likeness (QED) is 0.354. The summed E-state index contributed by atoms with van der Waals surface area (Å²) in [7, 11) is -2.74. The van der Waals surface area contributed by atoms with Crippen molar-refractivity contribution in [3.05, 3.63) is 24.3 Å². The Hall–Kier alpha value is -1.60. The van der Waals surface area contributed by atoms with Crippen LogP contribution in [0.4, 0.5) is 0 Å². The van der Waals surface area contributed by atoms with Crippen LogP contribution in [0.25, 0.3) is 0 Å². The fraction of sp³-hybridized carbons (Fsp3) is 0.667. The van der Waals surface area contributed by atoms with Crippen molar-refractivity contribution in [2.75, 3.05) is 13.7 Å². The van der Waals surface area contributed by atoms with E-state index in [1.54, 1.807) is 34.6 Å². The molecular weight excluding hydrogens is 444 g/mol. The van der Waals surface area contributed by atoms with Crippen molar-refractivity contribution in [3.8, 4) is 5.75 Å². The average Bonchev–Trinajstić information content (AvgIpc) is 3.17. The average molecular weight is 475 g/mol. The molecule has 10 nitrogen and oxygen atoms in total. The number of carbonyl (C=O) groups is 1. The van der Waals surface area contributed by atoms with Gasteiger partial charge >= 0.3 is 5.97 Å². The number of hydrogen-bond donors (Lipinski definition) is 1. The molecular formula is C21H30O10S. The highest BCUT2D eigenvalue weighted by Crippen LogP contribution is 2.39. The van der Waals surface area contributed by atoms with Gasteiger partial charge in [0, 0.05) is 7.11 Å². The molecule has 2 aliphatic heterocycles. The Bertz CT molecular complexity index is 919. The van der Waals surface area contributed by atoms with Gasteiger partial charge in [-0.2, -0.15) is 8.42 Å². The number of hydrogen-bond acceptors (Lipinski definition) is 10. The van der Waals surface area contributed by atoms with E-state index >= 15 is 0 Å². The van der Waals surface area contributed by atoms with Gasteiger partial charge in [-0.3, -0.25) is 8.98 Å². The Labute approximate surface area is 187 Å². The molecule has 0 radical (unpaired) electrons. The molecule has 3 rings (SSSR count). The second-order valence-corrected chi connectivity index (χ2v) is 10.8. The Balaban J connectivity index is 1.59. The highest BCUT2D eigenvalue weighted by Gasteiger charge is 2.56. The van der Waals surface area contributed by atoms with Crippen molar-refractivity contribution in [1.29, 1.82) is 0 Å². The molecule has 32 heavy (non-hydrogen) atoms. The van der Waals surface area contributed by atoms with Crippen molar-refractivity contribution in [3.63, 3.8) is 0 Å². The second-order valence-electron chi connectivity index (χ2n) is 9.19. The van der Waals surface area contributed by atoms with Crippen LogP contribution in [0.3, 0.4) is 0 Å². The standard InChI is InChI=1S/C21H30O10S/c1-20(2,3)19(23)28-12-7-9-13(10-8-12)32(24,25)27-11-14(22)15-16(26-6)17-18(29-15)31-21(4,5)30-17/h7-10,14-18,22H,11H2,1-6H3/t14-,15-,16+,17-,18-/m1/s1. The minimum atomic E-state index is -4.18. The molecule has 11 heteroatoms. The van der Waals surface area contributed by atoms with E-state index in [-0.39, 0.29) is 10.6 Å². The molecule has 2 heterocycles. The zero-order valence-corrected chi connectivity index (χ0v) is 19.7. The van der Waals surface area contributed by atoms with Gasteiger partial charge in [-0.05, 0) is 58.9 Å². The summed E-state index contributed by atoms with van der Waals surface area (Å²) in [6.07, 6.45) is -4.19. The highest BCUT2D eigenvalue weighted by molar-refractivity contribution is 7.86. The lowest BCUT2D eigenvalue weighted by Gasteiger charge is -2.27. The molecule has 1 aromatic rings. The second kappa shape index (κ2) is 8.98. The molecule has 0 saturated carbocycles. The zero-order chi connectivity index (χ0) is 23.9. The number of aliphatic hydroxyl groups excluding tert-OH is 1. The van der Waals surface area contributed by atoms with E-state index in [1.165, 1.54) is 31.4 Å². The third kappa shape index (κ3) is 5.48. The molecule has 2 saturated heterocycles. The molecule has 5 atom stereocenters. The van der Waals surface area contributed by atoms with Gasteiger partial charge in [-0.15, -0.1) is 0 Å². The van der Waals surface area contributed by atoms with E-state index < -0.39 is 64.6 Å². The first-order chi connectivity index (χ1) is 14.7. The van der Waals surface area contributed by atoms with Crippen LogP contribution in [-0.4, -0.2) is 69.7 Å². The fourth-order valence-electron chi connectivity index (χ4n) is 3.34. The van der Waals surface area contributed by atoms with Crippen LogP contribution in [0.1, 0.15) is 34.6 Å². The van der Waals surface area contributed by atoms with Crippen molar-refractivity contribution >= 4 is 16.1 Å². The van der Waals surface area contributed by atoms with Gasteiger partial charge in [0.15, 0.2) is 12.1 Å². The normalized spacial score (nSPS) is 28.3. The summed E-state index contributed by atoms with van der Waals surface area (Å²) < 4.78 is 57.7. The fourth-order valence-corrected chi connectivity index (χ4v) is 4.26. The van der Waals surface area contributed by atoms with E-state index in [0.29, 0.717) is 0 Å². The zero-order valence-electron chi connectivity index (χ0n) is 18.9. The predicted molar refractivity (Wildman–Crippen MR) is 110 cm³/mol. The van der Waals surface area contributed by atoms with E-state index in [9.17, 15) is 18.3 Å². The minimum absolute atomic E-state index is 0.152. The summed E-state index contributed by atoms with van der Waals surface area (Å²) in [6, 6.07) is 5.22. The summed E-state index contributed by atoms with van der Waals surface area (Å²) >= 11 is 0. The molecule has 1 N–H and O–H groups in total. The van der Waals surface area contributed by atoms with E-state index in [1.807, 2.05) is 0 Å². The number of esters is 1. The number of benzene rings is 1. The third-order valence-electron chi connectivity index (χ3n) is 5.01. The maximum absolute atomic E-state index is 12.5. The molecule has 1 aromatic carbocycles. The Kier molecular flexibility index (Phi) is 7.02. The SMILES string of the molecule is CO[C@@H]1[C@H]2OC(C)(C)O[C@H]2O[C@@H]1[C@H](O)COS(=O)(=O)c1ccc(OC(=O)C(C)(C)C)cc1. The van der Waals surface area contributed by atoms with Crippen LogP contribution in [-0.2, 0) is 38.0 Å². The molecule has 0 amide bonds. The molecule has 0 aromatic heterocycles. The Morgan fingerprint density at radius 2 is 1.81 bits per heavy atom. The third-order valence-corrected chi connectivity index (χ3v) is 6.30. The summed E-state index contributed by atoms with van der Waals surface area (Å²) in [5.74, 6) is -1.09. The van der Waals surface area contributed by atoms with Crippen molar-refractivity contribution < 1.29 is 46.2 Å². The summed E-state index contributed by atoms with van der Waals surface area (Å²) in [5.41, 5.74) is -0.698. The van der Waals surface area contributed by atoms with Gasteiger partial charge in [0.1, 0.15) is 30.2 Å². The molecule has 2 fully saturated rings. The molecule has 180 valence electrons. The monoisotopic (exact) mass is 474 g/mol. The lowest BCUT2D eigenvalue weighted by Crippen LogP contribution is -2.44. The van der Waals surface area contributed by atoms with Gasteiger partial charge in [0.05, 0.1) is 16.9 Å². The van der Waals surface area contributed by atoms with E-state index in [4.69, 9.17) is 27.9 Å².